The van der Waals surface area contributed by atoms with Crippen LogP contribution in [0.15, 0.2) is 17.5 Å². The predicted octanol–water partition coefficient (Wildman–Crippen LogP) is 3.62. The normalized spacial score (nSPS) is 38.1. The molecule has 0 spiro atoms. The summed E-state index contributed by atoms with van der Waals surface area (Å²) in [4.78, 5) is 13.3. The summed E-state index contributed by atoms with van der Waals surface area (Å²) in [5, 5.41) is 5.29. The van der Waals surface area contributed by atoms with Crippen LogP contribution in [0.4, 0.5) is 0 Å². The van der Waals surface area contributed by atoms with Gasteiger partial charge >= 0.3 is 0 Å². The minimum atomic E-state index is 0.211. The van der Waals surface area contributed by atoms with E-state index in [1.165, 1.54) is 43.4 Å². The van der Waals surface area contributed by atoms with E-state index in [4.69, 9.17) is 0 Å². The van der Waals surface area contributed by atoms with Gasteiger partial charge in [0.05, 0.1) is 6.42 Å². The quantitative estimate of drug-likeness (QED) is 0.901. The summed E-state index contributed by atoms with van der Waals surface area (Å²) in [7, 11) is 0. The van der Waals surface area contributed by atoms with E-state index in [2.05, 4.69) is 11.4 Å². The molecule has 1 aromatic heterocycles. The highest BCUT2D eigenvalue weighted by molar-refractivity contribution is 7.10. The fourth-order valence-electron chi connectivity index (χ4n) is 5.43. The third-order valence-electron chi connectivity index (χ3n) is 5.74. The molecule has 0 aliphatic heterocycles. The Morgan fingerprint density at radius 2 is 1.85 bits per heavy atom. The van der Waals surface area contributed by atoms with Crippen molar-refractivity contribution >= 4 is 17.2 Å². The first-order chi connectivity index (χ1) is 9.71. The van der Waals surface area contributed by atoms with Gasteiger partial charge in [-0.2, -0.15) is 0 Å². The van der Waals surface area contributed by atoms with E-state index in [9.17, 15) is 4.79 Å². The molecule has 4 aliphatic rings. The van der Waals surface area contributed by atoms with Gasteiger partial charge in [0.15, 0.2) is 0 Å². The Morgan fingerprint density at radius 3 is 2.40 bits per heavy atom. The zero-order valence-electron chi connectivity index (χ0n) is 11.9. The Balaban J connectivity index is 1.36. The lowest BCUT2D eigenvalue weighted by Gasteiger charge is -2.56. The van der Waals surface area contributed by atoms with Crippen molar-refractivity contribution in [3.05, 3.63) is 22.4 Å². The number of rotatable bonds is 4. The highest BCUT2D eigenvalue weighted by Gasteiger charge is 2.50. The van der Waals surface area contributed by atoms with Crippen LogP contribution in [0.1, 0.15) is 43.4 Å². The maximum absolute atomic E-state index is 12.1. The number of hydrogen-bond donors (Lipinski definition) is 1. The SMILES string of the molecule is O=C(Cc1cccs1)NCC12CC3CC(CC(C3)C1)C2. The zero-order chi connectivity index (χ0) is 13.6. The van der Waals surface area contributed by atoms with Gasteiger partial charge in [0.2, 0.25) is 5.91 Å². The third-order valence-corrected chi connectivity index (χ3v) is 6.62. The summed E-state index contributed by atoms with van der Waals surface area (Å²) < 4.78 is 0. The van der Waals surface area contributed by atoms with Gasteiger partial charge in [0, 0.05) is 11.4 Å². The highest BCUT2D eigenvalue weighted by atomic mass is 32.1. The maximum Gasteiger partial charge on any atom is 0.225 e. The summed E-state index contributed by atoms with van der Waals surface area (Å²) >= 11 is 1.68. The average Bonchev–Trinajstić information content (AvgIpc) is 2.88. The van der Waals surface area contributed by atoms with E-state index in [0.29, 0.717) is 11.8 Å². The summed E-state index contributed by atoms with van der Waals surface area (Å²) in [6.45, 7) is 0.931. The summed E-state index contributed by atoms with van der Waals surface area (Å²) in [5.74, 6) is 3.12. The molecule has 4 aliphatic carbocycles. The Hall–Kier alpha value is -0.830. The van der Waals surface area contributed by atoms with Crippen molar-refractivity contribution in [1.82, 2.24) is 5.32 Å². The molecule has 2 nitrogen and oxygen atoms in total. The van der Waals surface area contributed by atoms with Gasteiger partial charge in [0.25, 0.3) is 0 Å². The number of carbonyl (C=O) groups excluding carboxylic acids is 1. The van der Waals surface area contributed by atoms with Crippen LogP contribution in [-0.2, 0) is 11.2 Å². The molecule has 0 unspecified atom stereocenters. The number of carbonyl (C=O) groups is 1. The molecule has 1 amide bonds. The number of thiophene rings is 1. The van der Waals surface area contributed by atoms with Gasteiger partial charge in [-0.25, -0.2) is 0 Å². The molecule has 1 heterocycles. The van der Waals surface area contributed by atoms with Crippen LogP contribution >= 0.6 is 11.3 Å². The monoisotopic (exact) mass is 289 g/mol. The first kappa shape index (κ1) is 12.9. The van der Waals surface area contributed by atoms with Gasteiger partial charge in [-0.05, 0) is 73.1 Å². The van der Waals surface area contributed by atoms with Crippen molar-refractivity contribution in [1.29, 1.82) is 0 Å². The summed E-state index contributed by atoms with van der Waals surface area (Å²) in [6, 6.07) is 4.07. The molecule has 4 saturated carbocycles. The van der Waals surface area contributed by atoms with Gasteiger partial charge in [0.1, 0.15) is 0 Å². The molecule has 0 aromatic carbocycles. The molecule has 108 valence electrons. The van der Waals surface area contributed by atoms with Crippen molar-refractivity contribution in [2.45, 2.75) is 44.9 Å². The second kappa shape index (κ2) is 4.87. The standard InChI is InChI=1S/C17H23NOS/c19-16(7-15-2-1-3-20-15)18-11-17-8-12-4-13(9-17)6-14(5-12)10-17/h1-3,12-14H,4-11H2,(H,18,19). The molecule has 1 aromatic rings. The largest absolute Gasteiger partial charge is 0.355 e. The number of hydrogen-bond acceptors (Lipinski definition) is 2. The second-order valence-corrected chi connectivity index (χ2v) is 8.48. The lowest BCUT2D eigenvalue weighted by molar-refractivity contribution is -0.122. The summed E-state index contributed by atoms with van der Waals surface area (Å²) in [6.07, 6.45) is 9.10. The van der Waals surface area contributed by atoms with E-state index in [1.807, 2.05) is 11.4 Å². The lowest BCUT2D eigenvalue weighted by atomic mass is 9.49. The zero-order valence-corrected chi connectivity index (χ0v) is 12.8. The molecular weight excluding hydrogens is 266 g/mol. The van der Waals surface area contributed by atoms with E-state index in [1.54, 1.807) is 11.3 Å². The predicted molar refractivity (Wildman–Crippen MR) is 81.6 cm³/mol. The molecule has 4 fully saturated rings. The van der Waals surface area contributed by atoms with E-state index < -0.39 is 0 Å². The maximum atomic E-state index is 12.1. The highest BCUT2D eigenvalue weighted by Crippen LogP contribution is 2.59. The molecule has 1 N–H and O–H groups in total. The second-order valence-electron chi connectivity index (χ2n) is 7.45. The van der Waals surface area contributed by atoms with Crippen molar-refractivity contribution < 1.29 is 4.79 Å². The molecule has 5 rings (SSSR count). The average molecular weight is 289 g/mol. The fraction of sp³-hybridized carbons (Fsp3) is 0.706. The molecular formula is C17H23NOS. The van der Waals surface area contributed by atoms with Crippen molar-refractivity contribution in [3.63, 3.8) is 0 Å². The molecule has 4 bridgehead atoms. The number of nitrogens with one attached hydrogen (secondary N) is 1. The van der Waals surface area contributed by atoms with Crippen LogP contribution in [-0.4, -0.2) is 12.5 Å². The first-order valence-corrected chi connectivity index (χ1v) is 8.88. The smallest absolute Gasteiger partial charge is 0.225 e. The summed E-state index contributed by atoms with van der Waals surface area (Å²) in [5.41, 5.74) is 0.458. The van der Waals surface area contributed by atoms with Crippen molar-refractivity contribution in [3.8, 4) is 0 Å². The van der Waals surface area contributed by atoms with Crippen LogP contribution in [0.2, 0.25) is 0 Å². The van der Waals surface area contributed by atoms with Crippen LogP contribution in [0.5, 0.6) is 0 Å². The van der Waals surface area contributed by atoms with E-state index in [-0.39, 0.29) is 5.91 Å². The third kappa shape index (κ3) is 2.41. The van der Waals surface area contributed by atoms with Gasteiger partial charge in [-0.3, -0.25) is 4.79 Å². The minimum absolute atomic E-state index is 0.211. The van der Waals surface area contributed by atoms with Gasteiger partial charge in [-0.15, -0.1) is 11.3 Å². The van der Waals surface area contributed by atoms with E-state index >= 15 is 0 Å². The van der Waals surface area contributed by atoms with Crippen LogP contribution in [0.25, 0.3) is 0 Å². The Kier molecular flexibility index (Phi) is 3.13. The topological polar surface area (TPSA) is 29.1 Å². The minimum Gasteiger partial charge on any atom is -0.355 e. The van der Waals surface area contributed by atoms with Crippen LogP contribution in [0, 0.1) is 23.2 Å². The van der Waals surface area contributed by atoms with Crippen LogP contribution in [0.3, 0.4) is 0 Å². The molecule has 3 heteroatoms. The van der Waals surface area contributed by atoms with Gasteiger partial charge < -0.3 is 5.32 Å². The molecule has 0 saturated heterocycles. The Morgan fingerprint density at radius 1 is 1.20 bits per heavy atom. The van der Waals surface area contributed by atoms with Crippen LogP contribution < -0.4 is 5.32 Å². The molecule has 20 heavy (non-hydrogen) atoms. The number of amides is 1. The van der Waals surface area contributed by atoms with Gasteiger partial charge in [-0.1, -0.05) is 6.07 Å². The molecule has 0 radical (unpaired) electrons. The lowest BCUT2D eigenvalue weighted by Crippen LogP contribution is -2.51. The van der Waals surface area contributed by atoms with E-state index in [0.717, 1.165) is 24.3 Å². The van der Waals surface area contributed by atoms with Crippen molar-refractivity contribution in [2.24, 2.45) is 23.2 Å². The molecule has 0 atom stereocenters. The fourth-order valence-corrected chi connectivity index (χ4v) is 6.13. The first-order valence-electron chi connectivity index (χ1n) is 8.00. The Bertz CT molecular complexity index is 458. The Labute approximate surface area is 125 Å². The van der Waals surface area contributed by atoms with Crippen molar-refractivity contribution in [2.75, 3.05) is 6.54 Å².